The maximum absolute atomic E-state index is 14.6. The maximum Gasteiger partial charge on any atom is 0.508 e. The summed E-state index contributed by atoms with van der Waals surface area (Å²) in [5, 5.41) is -0.318. The second-order valence-corrected chi connectivity index (χ2v) is 26.2. The summed E-state index contributed by atoms with van der Waals surface area (Å²) in [5.74, 6) is 0.231. The van der Waals surface area contributed by atoms with Gasteiger partial charge in [0.15, 0.2) is 22.9 Å². The molecule has 0 radical (unpaired) electrons. The van der Waals surface area contributed by atoms with Crippen LogP contribution in [-0.4, -0.2) is 66.6 Å². The van der Waals surface area contributed by atoms with Crippen LogP contribution in [0.5, 0.6) is 11.5 Å². The largest absolute Gasteiger partial charge is 0.508 e. The van der Waals surface area contributed by atoms with Crippen molar-refractivity contribution in [2.75, 3.05) is 14.2 Å². The SMILES string of the molecule is COc1ccc(C(c2ccc(OC)cc2)N2C(=O)C([C@@H](C)OC(=O)OCc3ccccc3)C2OC(O[Si](C)(C)C(C)(C)C)O[Si](C)(C)C(C)(C)C)cc1. The Hall–Kier alpha value is -3.69. The highest BCUT2D eigenvalue weighted by Crippen LogP contribution is 2.46. The first-order valence-electron chi connectivity index (χ1n) is 18.2. The normalized spacial score (nSPS) is 17.4. The Balaban J connectivity index is 1.77. The van der Waals surface area contributed by atoms with Gasteiger partial charge in [0.25, 0.3) is 6.48 Å². The Kier molecular flexibility index (Phi) is 13.3. The summed E-state index contributed by atoms with van der Waals surface area (Å²) >= 11 is 0. The Morgan fingerprint density at radius 3 is 1.60 bits per heavy atom. The number of carbonyl (C=O) groups is 2. The van der Waals surface area contributed by atoms with Crippen molar-refractivity contribution in [3.8, 4) is 11.5 Å². The lowest BCUT2D eigenvalue weighted by atomic mass is 9.84. The summed E-state index contributed by atoms with van der Waals surface area (Å²) in [6, 6.07) is 23.9. The Morgan fingerprint density at radius 2 is 1.19 bits per heavy atom. The minimum atomic E-state index is -2.48. The molecule has 3 aromatic carbocycles. The Morgan fingerprint density at radius 1 is 0.736 bits per heavy atom. The van der Waals surface area contributed by atoms with Gasteiger partial charge in [-0.15, -0.1) is 0 Å². The molecule has 0 saturated carbocycles. The summed E-state index contributed by atoms with van der Waals surface area (Å²) < 4.78 is 42.9. The zero-order valence-electron chi connectivity index (χ0n) is 33.7. The van der Waals surface area contributed by atoms with E-state index in [9.17, 15) is 9.59 Å². The zero-order valence-corrected chi connectivity index (χ0v) is 35.7. The number of benzene rings is 3. The molecule has 0 N–H and O–H groups in total. The van der Waals surface area contributed by atoms with Gasteiger partial charge >= 0.3 is 6.16 Å². The zero-order chi connectivity index (χ0) is 39.4. The van der Waals surface area contributed by atoms with E-state index in [1.54, 1.807) is 26.0 Å². The van der Waals surface area contributed by atoms with Crippen molar-refractivity contribution in [3.05, 3.63) is 95.6 Å². The molecule has 3 aromatic rings. The van der Waals surface area contributed by atoms with Crippen molar-refractivity contribution in [2.45, 2.75) is 116 Å². The number of carbonyl (C=O) groups excluding carboxylic acids is 2. The van der Waals surface area contributed by atoms with Crippen molar-refractivity contribution in [1.29, 1.82) is 0 Å². The number of β-lactam (4-membered cyclic amide) rings is 1. The summed E-state index contributed by atoms with van der Waals surface area (Å²) in [7, 11) is -1.74. The molecule has 290 valence electrons. The Bertz CT molecular complexity index is 1580. The minimum Gasteiger partial charge on any atom is -0.497 e. The molecule has 4 rings (SSSR count). The average Bonchev–Trinajstić information content (AvgIpc) is 3.08. The minimum absolute atomic E-state index is 0.0385. The fraction of sp³-hybridized carbons (Fsp3) is 0.512. The van der Waals surface area contributed by atoms with E-state index in [1.807, 2.05) is 78.9 Å². The molecule has 3 atom stereocenters. The third kappa shape index (κ3) is 10.1. The van der Waals surface area contributed by atoms with Crippen LogP contribution >= 0.6 is 0 Å². The van der Waals surface area contributed by atoms with Gasteiger partial charge in [-0.1, -0.05) is 96.1 Å². The van der Waals surface area contributed by atoms with Crippen molar-refractivity contribution in [3.63, 3.8) is 0 Å². The van der Waals surface area contributed by atoms with Crippen LogP contribution in [0, 0.1) is 5.92 Å². The molecule has 0 aliphatic carbocycles. The number of ether oxygens (including phenoxy) is 5. The first-order chi connectivity index (χ1) is 24.7. The molecule has 1 amide bonds. The molecular weight excluding hydrogens is 707 g/mol. The lowest BCUT2D eigenvalue weighted by Gasteiger charge is -2.53. The van der Waals surface area contributed by atoms with Gasteiger partial charge in [-0.2, -0.15) is 0 Å². The van der Waals surface area contributed by atoms with E-state index in [-0.39, 0.29) is 22.6 Å². The van der Waals surface area contributed by atoms with Crippen LogP contribution in [-0.2, 0) is 34.5 Å². The van der Waals surface area contributed by atoms with Crippen molar-refractivity contribution in [1.82, 2.24) is 4.90 Å². The molecule has 1 saturated heterocycles. The van der Waals surface area contributed by atoms with E-state index in [0.717, 1.165) is 16.7 Å². The van der Waals surface area contributed by atoms with Gasteiger partial charge in [0, 0.05) is 0 Å². The Labute approximate surface area is 318 Å². The number of methoxy groups -OCH3 is 2. The predicted octanol–water partition coefficient (Wildman–Crippen LogP) is 9.66. The highest BCUT2D eigenvalue weighted by molar-refractivity contribution is 6.75. The van der Waals surface area contributed by atoms with Crippen LogP contribution in [0.1, 0.15) is 71.2 Å². The van der Waals surface area contributed by atoms with Crippen LogP contribution in [0.2, 0.25) is 36.3 Å². The molecule has 0 bridgehead atoms. The van der Waals surface area contributed by atoms with Gasteiger partial charge in [0.05, 0.1) is 20.3 Å². The molecule has 2 unspecified atom stereocenters. The topological polar surface area (TPSA) is 102 Å². The smallest absolute Gasteiger partial charge is 0.497 e. The van der Waals surface area contributed by atoms with Crippen LogP contribution in [0.15, 0.2) is 78.9 Å². The molecule has 0 aromatic heterocycles. The molecule has 53 heavy (non-hydrogen) atoms. The average molecular weight is 766 g/mol. The van der Waals surface area contributed by atoms with Crippen molar-refractivity contribution in [2.24, 2.45) is 5.92 Å². The van der Waals surface area contributed by atoms with Gasteiger partial charge < -0.3 is 37.4 Å². The third-order valence-electron chi connectivity index (χ3n) is 10.9. The number of rotatable bonds is 15. The van der Waals surface area contributed by atoms with Gasteiger partial charge in [0.1, 0.15) is 30.1 Å². The lowest BCUT2D eigenvalue weighted by molar-refractivity contribution is -0.299. The maximum atomic E-state index is 14.6. The van der Waals surface area contributed by atoms with Gasteiger partial charge in [-0.3, -0.25) is 4.79 Å². The van der Waals surface area contributed by atoms with Crippen LogP contribution in [0.3, 0.4) is 0 Å². The molecule has 1 heterocycles. The van der Waals surface area contributed by atoms with E-state index in [2.05, 4.69) is 67.7 Å². The third-order valence-corrected chi connectivity index (χ3v) is 19.7. The number of hydrogen-bond donors (Lipinski definition) is 0. The number of likely N-dealkylation sites (tertiary alicyclic amines) is 1. The van der Waals surface area contributed by atoms with Crippen LogP contribution in [0.25, 0.3) is 0 Å². The quantitative estimate of drug-likeness (QED) is 0.0648. The second kappa shape index (κ2) is 16.8. The van der Waals surface area contributed by atoms with Crippen molar-refractivity contribution < 1.29 is 42.1 Å². The second-order valence-electron chi connectivity index (χ2n) is 16.6. The highest BCUT2D eigenvalue weighted by atomic mass is 28.4. The van der Waals surface area contributed by atoms with Gasteiger partial charge in [-0.25, -0.2) is 4.79 Å². The standard InChI is InChI=1S/C41H59NO9Si2/c1-28(48-38(44)47-27-29-17-15-14-16-18-29)34-36(43)42(35(30-19-23-32(45-8)24-20-30)31-21-25-33(46-9)26-22-31)37(34)49-39(50-52(10,11)40(2,3)4)51-53(12,13)41(5,6)7/h14-26,28,34-35,37,39H,27H2,1-13H3/t28-,34?,37?/m1/s1. The van der Waals surface area contributed by atoms with E-state index >= 15 is 0 Å². The summed E-state index contributed by atoms with van der Waals surface area (Å²) in [6.45, 7) is 22.2. The molecule has 0 spiro atoms. The van der Waals surface area contributed by atoms with Gasteiger partial charge in [0.2, 0.25) is 5.91 Å². The highest BCUT2D eigenvalue weighted by Gasteiger charge is 2.57. The van der Waals surface area contributed by atoms with E-state index in [1.165, 1.54) is 0 Å². The van der Waals surface area contributed by atoms with Crippen LogP contribution in [0.4, 0.5) is 4.79 Å². The molecule has 12 heteroatoms. The summed E-state index contributed by atoms with van der Waals surface area (Å²) in [6.07, 6.45) is -2.69. The fourth-order valence-electron chi connectivity index (χ4n) is 5.46. The first kappa shape index (κ1) is 42.1. The number of nitrogens with zero attached hydrogens (tertiary/aromatic N) is 1. The van der Waals surface area contributed by atoms with Crippen LogP contribution < -0.4 is 9.47 Å². The monoisotopic (exact) mass is 765 g/mol. The number of hydrogen-bond acceptors (Lipinski definition) is 9. The fourth-order valence-corrected chi connectivity index (χ4v) is 7.43. The van der Waals surface area contributed by atoms with E-state index in [0.29, 0.717) is 11.5 Å². The molecule has 1 aliphatic rings. The first-order valence-corrected chi connectivity index (χ1v) is 24.0. The van der Waals surface area contributed by atoms with Gasteiger partial charge in [-0.05, 0) is 84.1 Å². The number of amides is 1. The molecule has 1 aliphatic heterocycles. The predicted molar refractivity (Wildman–Crippen MR) is 211 cm³/mol. The molecule has 1 fully saturated rings. The summed E-state index contributed by atoms with van der Waals surface area (Å²) in [4.78, 5) is 29.3. The summed E-state index contributed by atoms with van der Waals surface area (Å²) in [5.41, 5.74) is 2.48. The van der Waals surface area contributed by atoms with Crippen molar-refractivity contribution >= 4 is 28.7 Å². The lowest BCUT2D eigenvalue weighted by Crippen LogP contribution is -2.68. The molecule has 10 nitrogen and oxygen atoms in total. The molecular formula is C41H59NO9Si2. The van der Waals surface area contributed by atoms with E-state index < -0.39 is 53.6 Å². The van der Waals surface area contributed by atoms with E-state index in [4.69, 9.17) is 32.5 Å².